The molecule has 0 nitrogen and oxygen atoms in total. The van der Waals surface area contributed by atoms with Gasteiger partial charge < -0.3 is 0 Å². The Morgan fingerprint density at radius 2 is 2.11 bits per heavy atom. The monoisotopic (exact) mass is 282 g/mol. The molecule has 1 heterocycles. The third kappa shape index (κ3) is 4.11. The summed E-state index contributed by atoms with van der Waals surface area (Å²) in [6.07, 6.45) is 2.97. The van der Waals surface area contributed by atoms with Gasteiger partial charge in [-0.3, -0.25) is 0 Å². The molecule has 0 saturated heterocycles. The number of alkyl halides is 1. The summed E-state index contributed by atoms with van der Waals surface area (Å²) in [6.45, 7) is 0. The average Bonchev–Trinajstić information content (AvgIpc) is 2.87. The topological polar surface area (TPSA) is 0 Å². The quantitative estimate of drug-likeness (QED) is 0.660. The molecule has 0 aliphatic carbocycles. The second-order valence-electron chi connectivity index (χ2n) is 4.47. The van der Waals surface area contributed by atoms with Crippen LogP contribution in [0.2, 0.25) is 0 Å². The Bertz CT molecular complexity index is 467. The van der Waals surface area contributed by atoms with E-state index >= 15 is 0 Å². The minimum atomic E-state index is -0.168. The molecule has 0 saturated carbocycles. The maximum Gasteiger partial charge on any atom is 0.123 e. The fourth-order valence-corrected chi connectivity index (χ4v) is 3.02. The third-order valence-electron chi connectivity index (χ3n) is 3.01. The van der Waals surface area contributed by atoms with Crippen LogP contribution >= 0.6 is 22.9 Å². The smallest absolute Gasteiger partial charge is 0.123 e. The minimum absolute atomic E-state index is 0.168. The largest absolute Gasteiger partial charge is 0.207 e. The minimum Gasteiger partial charge on any atom is -0.207 e. The molecule has 1 atom stereocenters. The molecule has 2 aromatic rings. The Labute approximate surface area is 116 Å². The molecule has 0 fully saturated rings. The molecule has 0 aliphatic heterocycles. The number of thiophene rings is 1. The SMILES string of the molecule is Fc1cccc(CC(CCl)CCc2cccs2)c1. The van der Waals surface area contributed by atoms with Crippen molar-refractivity contribution in [2.24, 2.45) is 5.92 Å². The zero-order chi connectivity index (χ0) is 12.8. The van der Waals surface area contributed by atoms with E-state index in [0.717, 1.165) is 24.8 Å². The van der Waals surface area contributed by atoms with Gasteiger partial charge in [-0.25, -0.2) is 4.39 Å². The first-order valence-electron chi connectivity index (χ1n) is 6.10. The van der Waals surface area contributed by atoms with Crippen LogP contribution in [0.25, 0.3) is 0 Å². The zero-order valence-electron chi connectivity index (χ0n) is 10.1. The molecule has 0 aliphatic rings. The first-order valence-corrected chi connectivity index (χ1v) is 7.52. The van der Waals surface area contributed by atoms with E-state index in [2.05, 4.69) is 17.5 Å². The van der Waals surface area contributed by atoms with Crippen molar-refractivity contribution in [2.75, 3.05) is 5.88 Å². The molecule has 96 valence electrons. The van der Waals surface area contributed by atoms with Gasteiger partial charge in [-0.05, 0) is 54.3 Å². The van der Waals surface area contributed by atoms with Crippen LogP contribution in [-0.2, 0) is 12.8 Å². The van der Waals surface area contributed by atoms with Crippen molar-refractivity contribution in [1.82, 2.24) is 0 Å². The summed E-state index contributed by atoms with van der Waals surface area (Å²) in [4.78, 5) is 1.39. The molecular weight excluding hydrogens is 267 g/mol. The van der Waals surface area contributed by atoms with Crippen molar-refractivity contribution in [3.63, 3.8) is 0 Å². The lowest BCUT2D eigenvalue weighted by Crippen LogP contribution is -2.08. The fourth-order valence-electron chi connectivity index (χ4n) is 2.03. The van der Waals surface area contributed by atoms with Crippen LogP contribution < -0.4 is 0 Å². The standard InChI is InChI=1S/C15H16ClFS/c16-11-13(6-7-15-5-2-8-18-15)9-12-3-1-4-14(17)10-12/h1-5,8,10,13H,6-7,9,11H2. The number of aryl methyl sites for hydroxylation is 1. The molecule has 1 unspecified atom stereocenters. The summed E-state index contributed by atoms with van der Waals surface area (Å²) in [6, 6.07) is 11.0. The lowest BCUT2D eigenvalue weighted by molar-refractivity contribution is 0.535. The van der Waals surface area contributed by atoms with E-state index in [-0.39, 0.29) is 5.82 Å². The fraction of sp³-hybridized carbons (Fsp3) is 0.333. The van der Waals surface area contributed by atoms with Crippen molar-refractivity contribution in [3.8, 4) is 0 Å². The maximum atomic E-state index is 13.1. The Kier molecular flexibility index (Phi) is 5.21. The lowest BCUT2D eigenvalue weighted by Gasteiger charge is -2.13. The predicted molar refractivity (Wildman–Crippen MR) is 77.0 cm³/mol. The van der Waals surface area contributed by atoms with Gasteiger partial charge in [0.05, 0.1) is 0 Å². The van der Waals surface area contributed by atoms with Gasteiger partial charge in [0.15, 0.2) is 0 Å². The van der Waals surface area contributed by atoms with E-state index < -0.39 is 0 Å². The molecule has 1 aromatic carbocycles. The van der Waals surface area contributed by atoms with Crippen LogP contribution in [0.5, 0.6) is 0 Å². The number of halogens is 2. The second-order valence-corrected chi connectivity index (χ2v) is 5.81. The first-order chi connectivity index (χ1) is 8.78. The van der Waals surface area contributed by atoms with E-state index in [9.17, 15) is 4.39 Å². The highest BCUT2D eigenvalue weighted by molar-refractivity contribution is 7.09. The maximum absolute atomic E-state index is 13.1. The average molecular weight is 283 g/mol. The number of benzene rings is 1. The predicted octanol–water partition coefficient (Wildman–Crippen LogP) is 4.92. The summed E-state index contributed by atoms with van der Waals surface area (Å²) in [5.41, 5.74) is 1.03. The Morgan fingerprint density at radius 1 is 1.22 bits per heavy atom. The van der Waals surface area contributed by atoms with Crippen molar-refractivity contribution >= 4 is 22.9 Å². The number of hydrogen-bond acceptors (Lipinski definition) is 1. The van der Waals surface area contributed by atoms with Crippen LogP contribution in [0.3, 0.4) is 0 Å². The van der Waals surface area contributed by atoms with Crippen LogP contribution in [0.1, 0.15) is 16.9 Å². The van der Waals surface area contributed by atoms with Crippen LogP contribution in [-0.4, -0.2) is 5.88 Å². The van der Waals surface area contributed by atoms with Gasteiger partial charge in [-0.1, -0.05) is 18.2 Å². The molecule has 1 aromatic heterocycles. The second kappa shape index (κ2) is 6.91. The van der Waals surface area contributed by atoms with Crippen molar-refractivity contribution in [1.29, 1.82) is 0 Å². The van der Waals surface area contributed by atoms with E-state index in [0.29, 0.717) is 11.8 Å². The number of rotatable bonds is 6. The van der Waals surface area contributed by atoms with Crippen LogP contribution in [0.4, 0.5) is 4.39 Å². The molecular formula is C15H16ClFS. The number of hydrogen-bond donors (Lipinski definition) is 0. The Hall–Kier alpha value is -0.860. The first kappa shape index (κ1) is 13.6. The van der Waals surface area contributed by atoms with Gasteiger partial charge in [0.1, 0.15) is 5.82 Å². The summed E-state index contributed by atoms with van der Waals surface area (Å²) in [7, 11) is 0. The molecule has 0 amide bonds. The molecule has 0 N–H and O–H groups in total. The van der Waals surface area contributed by atoms with Gasteiger partial charge in [0.25, 0.3) is 0 Å². The molecule has 0 radical (unpaired) electrons. The van der Waals surface area contributed by atoms with Crippen molar-refractivity contribution in [2.45, 2.75) is 19.3 Å². The molecule has 2 rings (SSSR count). The normalized spacial score (nSPS) is 12.6. The summed E-state index contributed by atoms with van der Waals surface area (Å²) in [5.74, 6) is 0.872. The van der Waals surface area contributed by atoms with E-state index in [4.69, 9.17) is 11.6 Å². The van der Waals surface area contributed by atoms with Crippen molar-refractivity contribution in [3.05, 3.63) is 58.0 Å². The lowest BCUT2D eigenvalue weighted by atomic mass is 9.96. The summed E-state index contributed by atoms with van der Waals surface area (Å²) < 4.78 is 13.1. The molecule has 18 heavy (non-hydrogen) atoms. The highest BCUT2D eigenvalue weighted by atomic mass is 35.5. The third-order valence-corrected chi connectivity index (χ3v) is 4.38. The zero-order valence-corrected chi connectivity index (χ0v) is 11.7. The van der Waals surface area contributed by atoms with Crippen LogP contribution in [0, 0.1) is 11.7 Å². The van der Waals surface area contributed by atoms with Gasteiger partial charge in [0, 0.05) is 10.8 Å². The summed E-state index contributed by atoms with van der Waals surface area (Å²) in [5, 5.41) is 2.09. The van der Waals surface area contributed by atoms with Crippen LogP contribution in [0.15, 0.2) is 41.8 Å². The Balaban J connectivity index is 1.89. The molecule has 0 bridgehead atoms. The van der Waals surface area contributed by atoms with E-state index in [1.807, 2.05) is 6.07 Å². The summed E-state index contributed by atoms with van der Waals surface area (Å²) >= 11 is 7.79. The van der Waals surface area contributed by atoms with Gasteiger partial charge in [0.2, 0.25) is 0 Å². The van der Waals surface area contributed by atoms with Gasteiger partial charge in [-0.15, -0.1) is 22.9 Å². The van der Waals surface area contributed by atoms with E-state index in [1.54, 1.807) is 23.5 Å². The highest BCUT2D eigenvalue weighted by Gasteiger charge is 2.09. The molecule has 3 heteroatoms. The van der Waals surface area contributed by atoms with Gasteiger partial charge >= 0.3 is 0 Å². The van der Waals surface area contributed by atoms with Gasteiger partial charge in [-0.2, -0.15) is 0 Å². The highest BCUT2D eigenvalue weighted by Crippen LogP contribution is 2.19. The molecule has 0 spiro atoms. The van der Waals surface area contributed by atoms with Crippen molar-refractivity contribution < 1.29 is 4.39 Å². The Morgan fingerprint density at radius 3 is 2.78 bits per heavy atom. The van der Waals surface area contributed by atoms with E-state index in [1.165, 1.54) is 10.9 Å².